The maximum atomic E-state index is 11.2. The van der Waals surface area contributed by atoms with E-state index >= 15 is 0 Å². The van der Waals surface area contributed by atoms with Crippen LogP contribution in [-0.2, 0) is 4.79 Å². The fourth-order valence-electron chi connectivity index (χ4n) is 4.29. The van der Waals surface area contributed by atoms with Gasteiger partial charge in [-0.2, -0.15) is 0 Å². The van der Waals surface area contributed by atoms with E-state index in [1.165, 1.54) is 89.9 Å². The molecule has 0 radical (unpaired) electrons. The third kappa shape index (κ3) is 11.5. The van der Waals surface area contributed by atoms with Crippen LogP contribution in [-0.4, -0.2) is 41.0 Å². The molecule has 1 aliphatic rings. The summed E-state index contributed by atoms with van der Waals surface area (Å²) in [6.07, 6.45) is 24.8. The Morgan fingerprint density at radius 1 is 0.897 bits per heavy atom. The number of aliphatic imine (C=N–C) groups is 1. The van der Waals surface area contributed by atoms with Gasteiger partial charge in [-0.3, -0.25) is 0 Å². The second-order valence-corrected chi connectivity index (χ2v) is 8.64. The van der Waals surface area contributed by atoms with Crippen LogP contribution >= 0.6 is 0 Å². The van der Waals surface area contributed by atoms with Crippen molar-refractivity contribution in [1.29, 1.82) is 0 Å². The zero-order valence-electron chi connectivity index (χ0n) is 18.9. The van der Waals surface area contributed by atoms with Crippen LogP contribution in [0.15, 0.2) is 17.4 Å². The van der Waals surface area contributed by atoms with Gasteiger partial charge in [0.15, 0.2) is 6.54 Å². The number of quaternary nitrogens is 1. The molecule has 1 atom stereocenters. The lowest BCUT2D eigenvalue weighted by molar-refractivity contribution is -0.778. The van der Waals surface area contributed by atoms with Gasteiger partial charge in [-0.25, -0.2) is 14.3 Å². The fourth-order valence-corrected chi connectivity index (χ4v) is 4.29. The van der Waals surface area contributed by atoms with Crippen molar-refractivity contribution in [3.05, 3.63) is 12.4 Å². The smallest absolute Gasteiger partial charge is 0.360 e. The number of aliphatic carboxylic acids is 1. The van der Waals surface area contributed by atoms with E-state index in [2.05, 4.69) is 11.9 Å². The third-order valence-corrected chi connectivity index (χ3v) is 6.04. The number of unbranched alkanes of at least 4 members (excludes halogenated alkanes) is 14. The Balaban J connectivity index is 1.98. The molecule has 0 amide bonds. The topological polar surface area (TPSA) is 75.7 Å². The molecule has 29 heavy (non-hydrogen) atoms. The molecule has 1 heterocycles. The van der Waals surface area contributed by atoms with E-state index in [1.54, 1.807) is 6.20 Å². The maximum Gasteiger partial charge on any atom is 0.360 e. The monoisotopic (exact) mass is 408 g/mol. The van der Waals surface area contributed by atoms with Gasteiger partial charge in [-0.1, -0.05) is 96.8 Å². The van der Waals surface area contributed by atoms with E-state index < -0.39 is 5.97 Å². The van der Waals surface area contributed by atoms with Crippen LogP contribution in [0, 0.1) is 0 Å². The standard InChI is InChI=1S/C24H45N3O2/c1-2-3-4-5-6-7-8-9-10-11-12-13-14-15-16-17-23-26-19-21-27(23,20-18-25)22-24(28)29/h19,21H,2-18,20,22,25H2,1H3/p+1. The van der Waals surface area contributed by atoms with Gasteiger partial charge in [0.25, 0.3) is 0 Å². The maximum absolute atomic E-state index is 11.2. The second kappa shape index (κ2) is 16.6. The molecule has 168 valence electrons. The summed E-state index contributed by atoms with van der Waals surface area (Å²) in [5.74, 6) is 0.168. The van der Waals surface area contributed by atoms with Crippen LogP contribution in [0.5, 0.6) is 0 Å². The van der Waals surface area contributed by atoms with E-state index in [9.17, 15) is 9.90 Å². The Kier molecular flexibility index (Phi) is 14.8. The third-order valence-electron chi connectivity index (χ3n) is 6.04. The van der Waals surface area contributed by atoms with Gasteiger partial charge in [0, 0.05) is 13.0 Å². The van der Waals surface area contributed by atoms with Gasteiger partial charge >= 0.3 is 5.97 Å². The van der Waals surface area contributed by atoms with Crippen molar-refractivity contribution in [1.82, 2.24) is 0 Å². The summed E-state index contributed by atoms with van der Waals surface area (Å²) in [5.41, 5.74) is 5.72. The van der Waals surface area contributed by atoms with Gasteiger partial charge in [-0.05, 0) is 6.42 Å². The Hall–Kier alpha value is -1.20. The molecular formula is C24H46N3O2+. The Morgan fingerprint density at radius 2 is 1.38 bits per heavy atom. The van der Waals surface area contributed by atoms with Gasteiger partial charge in [0.2, 0.25) is 5.84 Å². The summed E-state index contributed by atoms with van der Waals surface area (Å²) in [5, 5.41) is 9.24. The average Bonchev–Trinajstić information content (AvgIpc) is 3.06. The summed E-state index contributed by atoms with van der Waals surface area (Å²) >= 11 is 0. The van der Waals surface area contributed by atoms with Crippen molar-refractivity contribution in [3.8, 4) is 0 Å². The van der Waals surface area contributed by atoms with Crippen molar-refractivity contribution < 1.29 is 14.4 Å². The highest BCUT2D eigenvalue weighted by molar-refractivity contribution is 5.81. The number of hydrogen-bond acceptors (Lipinski definition) is 3. The van der Waals surface area contributed by atoms with Crippen LogP contribution in [0.3, 0.4) is 0 Å². The molecule has 0 saturated carbocycles. The normalized spacial score (nSPS) is 18.3. The molecule has 0 fully saturated rings. The van der Waals surface area contributed by atoms with Crippen molar-refractivity contribution in [2.75, 3.05) is 19.6 Å². The largest absolute Gasteiger partial charge is 0.477 e. The molecule has 0 saturated heterocycles. The van der Waals surface area contributed by atoms with Crippen LogP contribution in [0.4, 0.5) is 0 Å². The predicted molar refractivity (Wildman–Crippen MR) is 123 cm³/mol. The lowest BCUT2D eigenvalue weighted by Crippen LogP contribution is -2.52. The number of carboxylic acid groups (broad SMARTS) is 1. The average molecular weight is 409 g/mol. The van der Waals surface area contributed by atoms with Crippen molar-refractivity contribution in [2.45, 2.75) is 110 Å². The first-order valence-electron chi connectivity index (χ1n) is 12.2. The first-order valence-corrected chi connectivity index (χ1v) is 12.2. The number of amidine groups is 1. The number of rotatable bonds is 20. The first-order chi connectivity index (χ1) is 14.1. The molecule has 0 spiro atoms. The summed E-state index contributed by atoms with van der Waals surface area (Å²) in [7, 11) is 0. The minimum atomic E-state index is -0.797. The van der Waals surface area contributed by atoms with E-state index in [0.717, 1.165) is 18.7 Å². The first kappa shape index (κ1) is 25.8. The van der Waals surface area contributed by atoms with Crippen LogP contribution in [0.1, 0.15) is 110 Å². The Morgan fingerprint density at radius 3 is 1.83 bits per heavy atom. The highest BCUT2D eigenvalue weighted by atomic mass is 16.4. The summed E-state index contributed by atoms with van der Waals surface area (Å²) in [4.78, 5) is 15.7. The molecule has 0 aliphatic carbocycles. The zero-order valence-corrected chi connectivity index (χ0v) is 18.9. The van der Waals surface area contributed by atoms with E-state index in [-0.39, 0.29) is 6.54 Å². The SMILES string of the molecule is CCCCCCCCCCCCCCCCCC1=NC=C[N+]1(CCN)CC(=O)O. The zero-order chi connectivity index (χ0) is 21.2. The van der Waals surface area contributed by atoms with Crippen molar-refractivity contribution in [3.63, 3.8) is 0 Å². The Labute approximate surface area is 179 Å². The second-order valence-electron chi connectivity index (χ2n) is 8.64. The molecule has 1 unspecified atom stereocenters. The molecule has 0 aromatic heterocycles. The molecular weight excluding hydrogens is 362 g/mol. The summed E-state index contributed by atoms with van der Waals surface area (Å²) in [6.45, 7) is 3.40. The summed E-state index contributed by atoms with van der Waals surface area (Å²) in [6, 6.07) is 0. The molecule has 3 N–H and O–H groups in total. The van der Waals surface area contributed by atoms with E-state index in [1.807, 2.05) is 6.20 Å². The van der Waals surface area contributed by atoms with Gasteiger partial charge in [0.1, 0.15) is 12.7 Å². The minimum Gasteiger partial charge on any atom is -0.477 e. The minimum absolute atomic E-state index is 0.0469. The van der Waals surface area contributed by atoms with Crippen molar-refractivity contribution in [2.24, 2.45) is 10.7 Å². The van der Waals surface area contributed by atoms with Crippen LogP contribution < -0.4 is 5.73 Å². The lowest BCUT2D eigenvalue weighted by atomic mass is 10.0. The molecule has 5 nitrogen and oxygen atoms in total. The fraction of sp³-hybridized carbons (Fsp3) is 0.833. The molecule has 1 aliphatic heterocycles. The summed E-state index contributed by atoms with van der Waals surface area (Å²) < 4.78 is 0.310. The van der Waals surface area contributed by atoms with Crippen LogP contribution in [0.25, 0.3) is 0 Å². The van der Waals surface area contributed by atoms with E-state index in [4.69, 9.17) is 5.73 Å². The number of carboxylic acids is 1. The Bertz CT molecular complexity index is 491. The number of nitrogens with two attached hydrogens (primary N) is 1. The number of nitrogens with zero attached hydrogens (tertiary/aromatic N) is 2. The molecule has 5 heteroatoms. The van der Waals surface area contributed by atoms with Gasteiger partial charge in [-0.15, -0.1) is 0 Å². The number of carbonyl (C=O) groups is 1. The number of hydrogen-bond donors (Lipinski definition) is 2. The molecule has 0 aromatic carbocycles. The highest BCUT2D eigenvalue weighted by Crippen LogP contribution is 2.21. The van der Waals surface area contributed by atoms with Crippen molar-refractivity contribution >= 4 is 11.8 Å². The lowest BCUT2D eigenvalue weighted by Gasteiger charge is -2.30. The molecule has 0 aromatic rings. The van der Waals surface area contributed by atoms with Gasteiger partial charge in [0.05, 0.1) is 6.20 Å². The highest BCUT2D eigenvalue weighted by Gasteiger charge is 2.36. The quantitative estimate of drug-likeness (QED) is 0.192. The predicted octanol–water partition coefficient (Wildman–Crippen LogP) is 5.99. The molecule has 0 bridgehead atoms. The molecule has 1 rings (SSSR count). The van der Waals surface area contributed by atoms with E-state index in [0.29, 0.717) is 17.6 Å². The van der Waals surface area contributed by atoms with Crippen LogP contribution in [0.2, 0.25) is 0 Å². The van der Waals surface area contributed by atoms with Gasteiger partial charge < -0.3 is 10.8 Å².